The maximum atomic E-state index is 12.0. The summed E-state index contributed by atoms with van der Waals surface area (Å²) in [4.78, 5) is 12.0. The van der Waals surface area contributed by atoms with Crippen molar-refractivity contribution < 1.29 is 14.6 Å². The second kappa shape index (κ2) is 5.87. The van der Waals surface area contributed by atoms with Crippen molar-refractivity contribution in [2.45, 2.75) is 39.3 Å². The van der Waals surface area contributed by atoms with Crippen molar-refractivity contribution >= 4 is 11.7 Å². The van der Waals surface area contributed by atoms with Gasteiger partial charge in [0.05, 0.1) is 12.2 Å². The van der Waals surface area contributed by atoms with E-state index >= 15 is 0 Å². The predicted octanol–water partition coefficient (Wildman–Crippen LogP) is 2.43. The molecule has 0 amide bonds. The topological polar surface area (TPSA) is 58.6 Å². The highest BCUT2D eigenvalue weighted by Crippen LogP contribution is 2.20. The van der Waals surface area contributed by atoms with Gasteiger partial charge in [0.1, 0.15) is 5.60 Å². The molecule has 2 N–H and O–H groups in total. The molecule has 1 rings (SSSR count). The molecular formula is C14H21NO3. The highest BCUT2D eigenvalue weighted by Gasteiger charge is 2.20. The number of hydrogen-bond donors (Lipinski definition) is 2. The Balaban J connectivity index is 2.91. The summed E-state index contributed by atoms with van der Waals surface area (Å²) in [6, 6.07) is 7.01. The van der Waals surface area contributed by atoms with Gasteiger partial charge in [0, 0.05) is 11.7 Å². The van der Waals surface area contributed by atoms with Gasteiger partial charge in [-0.3, -0.25) is 0 Å². The van der Waals surface area contributed by atoms with E-state index in [1.807, 2.05) is 33.8 Å². The maximum Gasteiger partial charge on any atom is 0.340 e. The first-order chi connectivity index (χ1) is 8.33. The first-order valence-electron chi connectivity index (χ1n) is 6.03. The Labute approximate surface area is 108 Å². The lowest BCUT2D eigenvalue weighted by atomic mass is 10.1. The van der Waals surface area contributed by atoms with Crippen LogP contribution in [0.25, 0.3) is 0 Å². The average Bonchev–Trinajstić information content (AvgIpc) is 2.27. The van der Waals surface area contributed by atoms with Crippen LogP contribution in [0, 0.1) is 0 Å². The number of esters is 1. The molecule has 0 aromatic heterocycles. The fourth-order valence-corrected chi connectivity index (χ4v) is 1.43. The van der Waals surface area contributed by atoms with E-state index in [1.165, 1.54) is 0 Å². The van der Waals surface area contributed by atoms with Crippen molar-refractivity contribution in [3.05, 3.63) is 29.8 Å². The van der Waals surface area contributed by atoms with E-state index < -0.39 is 5.60 Å². The third-order valence-electron chi connectivity index (χ3n) is 2.22. The van der Waals surface area contributed by atoms with Crippen molar-refractivity contribution in [1.82, 2.24) is 0 Å². The number of hydrogen-bond acceptors (Lipinski definition) is 4. The van der Waals surface area contributed by atoms with Gasteiger partial charge in [-0.15, -0.1) is 0 Å². The number of carbonyl (C=O) groups excluding carboxylic acids is 1. The third-order valence-corrected chi connectivity index (χ3v) is 2.22. The number of carbonyl (C=O) groups is 1. The van der Waals surface area contributed by atoms with Gasteiger partial charge in [0.2, 0.25) is 0 Å². The van der Waals surface area contributed by atoms with Crippen LogP contribution in [0.15, 0.2) is 24.3 Å². The molecule has 0 spiro atoms. The van der Waals surface area contributed by atoms with Crippen LogP contribution in [0.2, 0.25) is 0 Å². The maximum absolute atomic E-state index is 12.0. The highest BCUT2D eigenvalue weighted by molar-refractivity contribution is 5.95. The Morgan fingerprint density at radius 1 is 1.39 bits per heavy atom. The van der Waals surface area contributed by atoms with Gasteiger partial charge in [-0.1, -0.05) is 12.1 Å². The van der Waals surface area contributed by atoms with Crippen LogP contribution in [-0.4, -0.2) is 29.3 Å². The van der Waals surface area contributed by atoms with E-state index in [0.717, 1.165) is 0 Å². The fourth-order valence-electron chi connectivity index (χ4n) is 1.43. The number of rotatable bonds is 4. The zero-order valence-electron chi connectivity index (χ0n) is 11.4. The largest absolute Gasteiger partial charge is 0.456 e. The van der Waals surface area contributed by atoms with Gasteiger partial charge in [0.15, 0.2) is 0 Å². The van der Waals surface area contributed by atoms with Gasteiger partial charge in [-0.05, 0) is 39.8 Å². The molecule has 0 aliphatic carbocycles. The predicted molar refractivity (Wildman–Crippen MR) is 71.8 cm³/mol. The lowest BCUT2D eigenvalue weighted by molar-refractivity contribution is 0.00706. The summed E-state index contributed by atoms with van der Waals surface area (Å²) in [5.74, 6) is -0.365. The van der Waals surface area contributed by atoms with Gasteiger partial charge < -0.3 is 15.2 Å². The zero-order valence-corrected chi connectivity index (χ0v) is 11.4. The van der Waals surface area contributed by atoms with E-state index in [0.29, 0.717) is 11.3 Å². The van der Waals surface area contributed by atoms with Crippen molar-refractivity contribution in [1.29, 1.82) is 0 Å². The molecule has 0 radical (unpaired) electrons. The van der Waals surface area contributed by atoms with Crippen LogP contribution in [0.4, 0.5) is 5.69 Å². The summed E-state index contributed by atoms with van der Waals surface area (Å²) >= 11 is 0. The Kier molecular flexibility index (Phi) is 4.73. The number of benzene rings is 1. The highest BCUT2D eigenvalue weighted by atomic mass is 16.6. The first-order valence-corrected chi connectivity index (χ1v) is 6.03. The van der Waals surface area contributed by atoms with Crippen LogP contribution < -0.4 is 5.32 Å². The number of nitrogens with one attached hydrogen (secondary N) is 1. The standard InChI is InChI=1S/C14H21NO3/c1-10(9-16)15-12-8-6-5-7-11(12)13(17)18-14(2,3)4/h5-8,10,15-16H,9H2,1-4H3. The number of aliphatic hydroxyl groups is 1. The van der Waals surface area contributed by atoms with Gasteiger partial charge in [-0.2, -0.15) is 0 Å². The summed E-state index contributed by atoms with van der Waals surface area (Å²) < 4.78 is 5.34. The van der Waals surface area contributed by atoms with E-state index in [4.69, 9.17) is 9.84 Å². The second-order valence-electron chi connectivity index (χ2n) is 5.28. The number of para-hydroxylation sites is 1. The molecule has 1 aromatic carbocycles. The third kappa shape index (κ3) is 4.37. The number of aliphatic hydroxyl groups excluding tert-OH is 1. The Bertz CT molecular complexity index is 410. The SMILES string of the molecule is CC(CO)Nc1ccccc1C(=O)OC(C)(C)C. The molecule has 0 saturated heterocycles. The van der Waals surface area contributed by atoms with Gasteiger partial charge >= 0.3 is 5.97 Å². The van der Waals surface area contributed by atoms with Gasteiger partial charge in [-0.25, -0.2) is 4.79 Å². The quantitative estimate of drug-likeness (QED) is 0.807. The lowest BCUT2D eigenvalue weighted by Crippen LogP contribution is -2.26. The smallest absolute Gasteiger partial charge is 0.340 e. The monoisotopic (exact) mass is 251 g/mol. The molecule has 4 heteroatoms. The molecule has 18 heavy (non-hydrogen) atoms. The molecule has 0 aliphatic rings. The summed E-state index contributed by atoms with van der Waals surface area (Å²) in [6.45, 7) is 7.33. The minimum Gasteiger partial charge on any atom is -0.456 e. The van der Waals surface area contributed by atoms with E-state index in [1.54, 1.807) is 18.2 Å². The van der Waals surface area contributed by atoms with Crippen molar-refractivity contribution in [3.63, 3.8) is 0 Å². The molecule has 0 fully saturated rings. The van der Waals surface area contributed by atoms with Crippen LogP contribution in [0.5, 0.6) is 0 Å². The first kappa shape index (κ1) is 14.5. The molecule has 0 saturated carbocycles. The molecule has 0 bridgehead atoms. The van der Waals surface area contributed by atoms with Gasteiger partial charge in [0.25, 0.3) is 0 Å². The van der Waals surface area contributed by atoms with Crippen LogP contribution in [0.1, 0.15) is 38.1 Å². The van der Waals surface area contributed by atoms with Crippen LogP contribution in [0.3, 0.4) is 0 Å². The molecule has 1 aromatic rings. The van der Waals surface area contributed by atoms with E-state index in [-0.39, 0.29) is 18.6 Å². The minimum absolute atomic E-state index is 0.00263. The zero-order chi connectivity index (χ0) is 13.8. The second-order valence-corrected chi connectivity index (χ2v) is 5.28. The van der Waals surface area contributed by atoms with Crippen LogP contribution in [-0.2, 0) is 4.74 Å². The Hall–Kier alpha value is -1.55. The van der Waals surface area contributed by atoms with Crippen molar-refractivity contribution in [2.75, 3.05) is 11.9 Å². The molecule has 1 unspecified atom stereocenters. The normalized spacial score (nSPS) is 12.9. The van der Waals surface area contributed by atoms with E-state index in [2.05, 4.69) is 5.32 Å². The molecule has 0 aliphatic heterocycles. The molecule has 0 heterocycles. The summed E-state index contributed by atoms with van der Waals surface area (Å²) in [6.07, 6.45) is 0. The summed E-state index contributed by atoms with van der Waals surface area (Å²) in [5, 5.41) is 12.1. The average molecular weight is 251 g/mol. The lowest BCUT2D eigenvalue weighted by Gasteiger charge is -2.21. The fraction of sp³-hybridized carbons (Fsp3) is 0.500. The van der Waals surface area contributed by atoms with E-state index in [9.17, 15) is 4.79 Å². The molecule has 1 atom stereocenters. The van der Waals surface area contributed by atoms with Crippen molar-refractivity contribution in [2.24, 2.45) is 0 Å². The summed E-state index contributed by atoms with van der Waals surface area (Å²) in [7, 11) is 0. The Morgan fingerprint density at radius 2 is 2.00 bits per heavy atom. The Morgan fingerprint density at radius 3 is 2.56 bits per heavy atom. The molecule has 100 valence electrons. The molecule has 4 nitrogen and oxygen atoms in total. The molecular weight excluding hydrogens is 230 g/mol. The van der Waals surface area contributed by atoms with Crippen molar-refractivity contribution in [3.8, 4) is 0 Å². The number of anilines is 1. The van der Waals surface area contributed by atoms with Crippen LogP contribution >= 0.6 is 0 Å². The number of ether oxygens (including phenoxy) is 1. The minimum atomic E-state index is -0.521. The summed E-state index contributed by atoms with van der Waals surface area (Å²) in [5.41, 5.74) is 0.633.